The molecule has 0 aromatic heterocycles. The number of rotatable bonds is 2. The summed E-state index contributed by atoms with van der Waals surface area (Å²) in [6, 6.07) is 11.6. The zero-order chi connectivity index (χ0) is 12.4. The van der Waals surface area contributed by atoms with Crippen molar-refractivity contribution in [1.82, 2.24) is 0 Å². The average molecular weight is 226 g/mol. The van der Waals surface area contributed by atoms with Crippen molar-refractivity contribution >= 4 is 22.3 Å². The van der Waals surface area contributed by atoms with Gasteiger partial charge in [0.05, 0.1) is 0 Å². The minimum atomic E-state index is -0.311. The molecule has 0 unspecified atom stereocenters. The molecule has 86 valence electrons. The summed E-state index contributed by atoms with van der Waals surface area (Å²) in [5.41, 5.74) is 1.97. The molecule has 17 heavy (non-hydrogen) atoms. The molecule has 0 radical (unpaired) electrons. The van der Waals surface area contributed by atoms with Crippen LogP contribution in [0.15, 0.2) is 43.0 Å². The van der Waals surface area contributed by atoms with Crippen molar-refractivity contribution in [1.29, 1.82) is 0 Å². The van der Waals surface area contributed by atoms with Gasteiger partial charge in [0.25, 0.3) is 0 Å². The zero-order valence-electron chi connectivity index (χ0n) is 9.99. The van der Waals surface area contributed by atoms with E-state index in [1.54, 1.807) is 6.07 Å². The van der Waals surface area contributed by atoms with Crippen LogP contribution in [0.25, 0.3) is 16.3 Å². The molecule has 0 aliphatic rings. The Morgan fingerprint density at radius 1 is 1.12 bits per heavy atom. The zero-order valence-corrected chi connectivity index (χ0v) is 9.99. The predicted molar refractivity (Wildman–Crippen MR) is 70.0 cm³/mol. The van der Waals surface area contributed by atoms with Gasteiger partial charge in [0.2, 0.25) is 0 Å². The second-order valence-corrected chi connectivity index (χ2v) is 4.03. The molecule has 2 aromatic carbocycles. The van der Waals surface area contributed by atoms with Gasteiger partial charge in [-0.2, -0.15) is 0 Å². The summed E-state index contributed by atoms with van der Waals surface area (Å²) in [5.74, 6) is 0.280. The lowest BCUT2D eigenvalue weighted by Crippen LogP contribution is -2.02. The number of esters is 1. The first-order valence-corrected chi connectivity index (χ1v) is 5.45. The highest BCUT2D eigenvalue weighted by atomic mass is 16.5. The molecule has 0 atom stereocenters. The molecule has 0 heterocycles. The number of ether oxygens (including phenoxy) is 1. The van der Waals surface area contributed by atoms with Crippen molar-refractivity contribution in [3.05, 3.63) is 48.5 Å². The van der Waals surface area contributed by atoms with Crippen LogP contribution in [0.3, 0.4) is 0 Å². The molecule has 0 saturated carbocycles. The number of carbonyl (C=O) groups excluding carboxylic acids is 1. The van der Waals surface area contributed by atoms with E-state index in [2.05, 4.69) is 6.58 Å². The largest absolute Gasteiger partial charge is 0.426 e. The molecule has 0 bridgehead atoms. The van der Waals surface area contributed by atoms with Gasteiger partial charge >= 0.3 is 5.97 Å². The lowest BCUT2D eigenvalue weighted by atomic mass is 9.99. The van der Waals surface area contributed by atoms with E-state index in [-0.39, 0.29) is 5.97 Å². The summed E-state index contributed by atoms with van der Waals surface area (Å²) in [5, 5.41) is 1.99. The van der Waals surface area contributed by atoms with Crippen molar-refractivity contribution in [2.75, 3.05) is 0 Å². The Morgan fingerprint density at radius 3 is 2.35 bits per heavy atom. The maximum atomic E-state index is 11.1. The first-order valence-electron chi connectivity index (χ1n) is 5.45. The SMILES string of the molecule is C=C(C)c1cccc2cccc(OC(C)=O)c12. The number of hydrogen-bond donors (Lipinski definition) is 0. The molecule has 0 spiro atoms. The Bertz CT molecular complexity index is 592. The van der Waals surface area contributed by atoms with Gasteiger partial charge in [-0.15, -0.1) is 0 Å². The van der Waals surface area contributed by atoms with Crippen molar-refractivity contribution in [3.8, 4) is 5.75 Å². The van der Waals surface area contributed by atoms with Crippen LogP contribution >= 0.6 is 0 Å². The highest BCUT2D eigenvalue weighted by Crippen LogP contribution is 2.32. The molecule has 2 nitrogen and oxygen atoms in total. The number of benzene rings is 2. The molecule has 0 fully saturated rings. The molecule has 2 heteroatoms. The van der Waals surface area contributed by atoms with Gasteiger partial charge in [-0.25, -0.2) is 0 Å². The van der Waals surface area contributed by atoms with Gasteiger partial charge in [-0.05, 0) is 23.9 Å². The average Bonchev–Trinajstić information content (AvgIpc) is 2.27. The molecule has 0 amide bonds. The van der Waals surface area contributed by atoms with Crippen LogP contribution in [0, 0.1) is 0 Å². The summed E-state index contributed by atoms with van der Waals surface area (Å²) >= 11 is 0. The Labute approximate surface area is 101 Å². The third-order valence-corrected chi connectivity index (χ3v) is 2.58. The van der Waals surface area contributed by atoms with Gasteiger partial charge in [0.1, 0.15) is 5.75 Å². The predicted octanol–water partition coefficient (Wildman–Crippen LogP) is 3.80. The highest BCUT2D eigenvalue weighted by molar-refractivity contribution is 5.98. The summed E-state index contributed by atoms with van der Waals surface area (Å²) in [6.45, 7) is 7.30. The summed E-state index contributed by atoms with van der Waals surface area (Å²) in [7, 11) is 0. The molecule has 0 aliphatic heterocycles. The second-order valence-electron chi connectivity index (χ2n) is 4.03. The van der Waals surface area contributed by atoms with E-state index in [0.717, 1.165) is 21.9 Å². The van der Waals surface area contributed by atoms with Crippen LogP contribution in [0.4, 0.5) is 0 Å². The lowest BCUT2D eigenvalue weighted by Gasteiger charge is -2.10. The van der Waals surface area contributed by atoms with E-state index in [4.69, 9.17) is 4.74 Å². The Kier molecular flexibility index (Phi) is 2.96. The first kappa shape index (κ1) is 11.4. The van der Waals surface area contributed by atoms with Crippen LogP contribution in [0.1, 0.15) is 19.4 Å². The van der Waals surface area contributed by atoms with Crippen LogP contribution in [0.2, 0.25) is 0 Å². The fourth-order valence-corrected chi connectivity index (χ4v) is 1.90. The van der Waals surface area contributed by atoms with E-state index in [1.165, 1.54) is 6.92 Å². The third-order valence-electron chi connectivity index (χ3n) is 2.58. The van der Waals surface area contributed by atoms with Crippen LogP contribution < -0.4 is 4.74 Å². The number of hydrogen-bond acceptors (Lipinski definition) is 2. The van der Waals surface area contributed by atoms with Gasteiger partial charge < -0.3 is 4.74 Å². The van der Waals surface area contributed by atoms with Crippen molar-refractivity contribution in [3.63, 3.8) is 0 Å². The lowest BCUT2D eigenvalue weighted by molar-refractivity contribution is -0.131. The van der Waals surface area contributed by atoms with Gasteiger partial charge in [-0.1, -0.05) is 42.5 Å². The Balaban J connectivity index is 2.75. The van der Waals surface area contributed by atoms with Crippen LogP contribution in [-0.2, 0) is 4.79 Å². The van der Waals surface area contributed by atoms with E-state index >= 15 is 0 Å². The number of allylic oxidation sites excluding steroid dienone is 1. The van der Waals surface area contributed by atoms with Gasteiger partial charge in [0, 0.05) is 12.3 Å². The Morgan fingerprint density at radius 2 is 1.76 bits per heavy atom. The maximum Gasteiger partial charge on any atom is 0.308 e. The van der Waals surface area contributed by atoms with Crippen LogP contribution in [-0.4, -0.2) is 5.97 Å². The van der Waals surface area contributed by atoms with Crippen molar-refractivity contribution in [2.45, 2.75) is 13.8 Å². The third kappa shape index (κ3) is 2.21. The van der Waals surface area contributed by atoms with E-state index < -0.39 is 0 Å². The molecular formula is C15H14O2. The first-order chi connectivity index (χ1) is 8.09. The fourth-order valence-electron chi connectivity index (χ4n) is 1.90. The molecule has 2 rings (SSSR count). The Hall–Kier alpha value is -2.09. The molecule has 0 saturated heterocycles. The smallest absolute Gasteiger partial charge is 0.308 e. The topological polar surface area (TPSA) is 26.3 Å². The van der Waals surface area contributed by atoms with Gasteiger partial charge in [-0.3, -0.25) is 4.79 Å². The van der Waals surface area contributed by atoms with Crippen molar-refractivity contribution < 1.29 is 9.53 Å². The number of carbonyl (C=O) groups is 1. The monoisotopic (exact) mass is 226 g/mol. The summed E-state index contributed by atoms with van der Waals surface area (Å²) < 4.78 is 5.24. The summed E-state index contributed by atoms with van der Waals surface area (Å²) in [6.07, 6.45) is 0. The minimum Gasteiger partial charge on any atom is -0.426 e. The quantitative estimate of drug-likeness (QED) is 0.575. The van der Waals surface area contributed by atoms with Gasteiger partial charge in [0.15, 0.2) is 0 Å². The van der Waals surface area contributed by atoms with E-state index in [0.29, 0.717) is 5.75 Å². The highest BCUT2D eigenvalue weighted by Gasteiger charge is 2.09. The number of fused-ring (bicyclic) bond motifs is 1. The summed E-state index contributed by atoms with van der Waals surface area (Å²) in [4.78, 5) is 11.1. The molecule has 0 aliphatic carbocycles. The fraction of sp³-hybridized carbons (Fsp3) is 0.133. The second kappa shape index (κ2) is 4.42. The minimum absolute atomic E-state index is 0.311. The van der Waals surface area contributed by atoms with E-state index in [9.17, 15) is 4.79 Å². The molecule has 2 aromatic rings. The standard InChI is InChI=1S/C15H14O2/c1-10(2)13-8-4-6-12-7-5-9-14(15(12)13)17-11(3)16/h4-9H,1H2,2-3H3. The molecular weight excluding hydrogens is 212 g/mol. The van der Waals surface area contributed by atoms with Crippen LogP contribution in [0.5, 0.6) is 5.75 Å². The van der Waals surface area contributed by atoms with E-state index in [1.807, 2.05) is 37.3 Å². The molecule has 0 N–H and O–H groups in total. The maximum absolute atomic E-state index is 11.1. The van der Waals surface area contributed by atoms with Crippen molar-refractivity contribution in [2.24, 2.45) is 0 Å². The normalized spacial score (nSPS) is 10.2.